The standard InChI is InChI=1S/C20H25N5O/c1-13-4-8-16(9-5-13)22-20-21-11-17(19(23-20)26-3)14-6-7-15-12-25(2)24-18(15)10-14/h6-7,10-13,16H,4-5,8-9H2,1-3H3,(H,21,22,23)/t13-,16-. The number of nitrogens with one attached hydrogen (secondary N) is 1. The molecule has 1 aliphatic rings. The van der Waals surface area contributed by atoms with Crippen molar-refractivity contribution in [3.05, 3.63) is 30.6 Å². The number of benzene rings is 1. The molecule has 1 N–H and O–H groups in total. The Balaban J connectivity index is 1.59. The van der Waals surface area contributed by atoms with E-state index in [4.69, 9.17) is 4.74 Å². The van der Waals surface area contributed by atoms with Crippen molar-refractivity contribution in [1.82, 2.24) is 19.7 Å². The van der Waals surface area contributed by atoms with Crippen molar-refractivity contribution >= 4 is 16.9 Å². The van der Waals surface area contributed by atoms with Gasteiger partial charge in [-0.1, -0.05) is 19.1 Å². The van der Waals surface area contributed by atoms with E-state index in [1.54, 1.807) is 7.11 Å². The minimum absolute atomic E-state index is 0.451. The van der Waals surface area contributed by atoms with Gasteiger partial charge in [0.1, 0.15) is 0 Å². The quantitative estimate of drug-likeness (QED) is 0.769. The molecule has 6 heteroatoms. The second kappa shape index (κ2) is 6.94. The van der Waals surface area contributed by atoms with Crippen molar-refractivity contribution in [1.29, 1.82) is 0 Å². The fourth-order valence-electron chi connectivity index (χ4n) is 3.68. The first-order valence-corrected chi connectivity index (χ1v) is 9.23. The predicted molar refractivity (Wildman–Crippen MR) is 103 cm³/mol. The molecule has 136 valence electrons. The Morgan fingerprint density at radius 3 is 2.77 bits per heavy atom. The van der Waals surface area contributed by atoms with E-state index < -0.39 is 0 Å². The van der Waals surface area contributed by atoms with Crippen molar-refractivity contribution in [2.75, 3.05) is 12.4 Å². The Kier molecular flexibility index (Phi) is 4.49. The fraction of sp³-hybridized carbons (Fsp3) is 0.450. The van der Waals surface area contributed by atoms with E-state index in [1.165, 1.54) is 25.7 Å². The lowest BCUT2D eigenvalue weighted by atomic mass is 9.87. The molecule has 2 heterocycles. The Labute approximate surface area is 153 Å². The zero-order valence-electron chi connectivity index (χ0n) is 15.6. The van der Waals surface area contributed by atoms with Crippen LogP contribution >= 0.6 is 0 Å². The van der Waals surface area contributed by atoms with E-state index in [1.807, 2.05) is 30.2 Å². The van der Waals surface area contributed by atoms with Gasteiger partial charge in [0, 0.05) is 30.9 Å². The maximum atomic E-state index is 5.55. The number of hydrogen-bond acceptors (Lipinski definition) is 5. The van der Waals surface area contributed by atoms with Gasteiger partial charge >= 0.3 is 0 Å². The van der Waals surface area contributed by atoms with Gasteiger partial charge in [-0.2, -0.15) is 10.1 Å². The van der Waals surface area contributed by atoms with Crippen LogP contribution in [-0.4, -0.2) is 32.9 Å². The summed E-state index contributed by atoms with van der Waals surface area (Å²) in [6.45, 7) is 2.32. The third-order valence-electron chi connectivity index (χ3n) is 5.23. The lowest BCUT2D eigenvalue weighted by Gasteiger charge is -2.27. The zero-order valence-corrected chi connectivity index (χ0v) is 15.6. The minimum atomic E-state index is 0.451. The summed E-state index contributed by atoms with van der Waals surface area (Å²) < 4.78 is 7.37. The average Bonchev–Trinajstić information content (AvgIpc) is 3.02. The first-order chi connectivity index (χ1) is 12.6. The SMILES string of the molecule is COc1nc(N[C@H]2CC[C@H](C)CC2)ncc1-c1ccc2cn(C)nc2c1. The van der Waals surface area contributed by atoms with E-state index in [0.717, 1.165) is 27.9 Å². The molecule has 1 saturated carbocycles. The fourth-order valence-corrected chi connectivity index (χ4v) is 3.68. The molecule has 1 aliphatic carbocycles. The summed E-state index contributed by atoms with van der Waals surface area (Å²) >= 11 is 0. The van der Waals surface area contributed by atoms with E-state index in [0.29, 0.717) is 17.9 Å². The number of aryl methyl sites for hydroxylation is 1. The molecule has 0 unspecified atom stereocenters. The van der Waals surface area contributed by atoms with E-state index in [9.17, 15) is 0 Å². The molecule has 3 aromatic rings. The molecule has 0 atom stereocenters. The van der Waals surface area contributed by atoms with Gasteiger partial charge in [-0.05, 0) is 43.2 Å². The van der Waals surface area contributed by atoms with Gasteiger partial charge in [-0.15, -0.1) is 0 Å². The molecule has 0 spiro atoms. The monoisotopic (exact) mass is 351 g/mol. The summed E-state index contributed by atoms with van der Waals surface area (Å²) in [4.78, 5) is 9.13. The number of ether oxygens (including phenoxy) is 1. The Hall–Kier alpha value is -2.63. The minimum Gasteiger partial charge on any atom is -0.480 e. The molecule has 0 amide bonds. The highest BCUT2D eigenvalue weighted by Gasteiger charge is 2.19. The maximum absolute atomic E-state index is 5.55. The normalized spacial score (nSPS) is 20.3. The van der Waals surface area contributed by atoms with Gasteiger partial charge in [0.15, 0.2) is 0 Å². The second-order valence-corrected chi connectivity index (χ2v) is 7.29. The van der Waals surface area contributed by atoms with Gasteiger partial charge in [0.2, 0.25) is 11.8 Å². The smallest absolute Gasteiger partial charge is 0.226 e. The van der Waals surface area contributed by atoms with Crippen LogP contribution < -0.4 is 10.1 Å². The number of aromatic nitrogens is 4. The lowest BCUT2D eigenvalue weighted by molar-refractivity contribution is 0.359. The Morgan fingerprint density at radius 2 is 2.00 bits per heavy atom. The molecule has 0 saturated heterocycles. The summed E-state index contributed by atoms with van der Waals surface area (Å²) in [7, 11) is 3.58. The topological polar surface area (TPSA) is 64.9 Å². The van der Waals surface area contributed by atoms with Crippen molar-refractivity contribution in [3.63, 3.8) is 0 Å². The van der Waals surface area contributed by atoms with Gasteiger partial charge < -0.3 is 10.1 Å². The van der Waals surface area contributed by atoms with Gasteiger partial charge in [-0.25, -0.2) is 4.98 Å². The molecule has 0 radical (unpaired) electrons. The van der Waals surface area contributed by atoms with Crippen LogP contribution in [0.5, 0.6) is 5.88 Å². The molecule has 0 bridgehead atoms. The van der Waals surface area contributed by atoms with Gasteiger partial charge in [0.05, 0.1) is 18.2 Å². The first kappa shape index (κ1) is 16.8. The van der Waals surface area contributed by atoms with E-state index >= 15 is 0 Å². The van der Waals surface area contributed by atoms with Crippen LogP contribution in [0.3, 0.4) is 0 Å². The lowest BCUT2D eigenvalue weighted by Crippen LogP contribution is -2.26. The van der Waals surface area contributed by atoms with Crippen LogP contribution in [0.15, 0.2) is 30.6 Å². The van der Waals surface area contributed by atoms with Crippen LogP contribution in [0.1, 0.15) is 32.6 Å². The van der Waals surface area contributed by atoms with Crippen molar-refractivity contribution < 1.29 is 4.74 Å². The molecule has 2 aromatic heterocycles. The largest absolute Gasteiger partial charge is 0.480 e. The molecular formula is C20H25N5O. The molecule has 0 aliphatic heterocycles. The number of rotatable bonds is 4. The van der Waals surface area contributed by atoms with Gasteiger partial charge in [0.25, 0.3) is 0 Å². The van der Waals surface area contributed by atoms with Crippen LogP contribution in [0.25, 0.3) is 22.0 Å². The van der Waals surface area contributed by atoms with Crippen molar-refractivity contribution in [3.8, 4) is 17.0 Å². The molecule has 26 heavy (non-hydrogen) atoms. The molecule has 1 fully saturated rings. The van der Waals surface area contributed by atoms with E-state index in [2.05, 4.69) is 39.4 Å². The molecule has 4 rings (SSSR count). The summed E-state index contributed by atoms with van der Waals surface area (Å²) in [5, 5.41) is 9.06. The second-order valence-electron chi connectivity index (χ2n) is 7.29. The molecular weight excluding hydrogens is 326 g/mol. The third-order valence-corrected chi connectivity index (χ3v) is 5.23. The molecule has 1 aromatic carbocycles. The number of anilines is 1. The highest BCUT2D eigenvalue weighted by Crippen LogP contribution is 2.31. The molecule has 6 nitrogen and oxygen atoms in total. The summed E-state index contributed by atoms with van der Waals surface area (Å²) in [5.74, 6) is 2.05. The third kappa shape index (κ3) is 3.36. The van der Waals surface area contributed by atoms with Crippen LogP contribution in [-0.2, 0) is 7.05 Å². The zero-order chi connectivity index (χ0) is 18.1. The van der Waals surface area contributed by atoms with Crippen molar-refractivity contribution in [2.24, 2.45) is 13.0 Å². The summed E-state index contributed by atoms with van der Waals surface area (Å²) in [6.07, 6.45) is 8.71. The summed E-state index contributed by atoms with van der Waals surface area (Å²) in [6, 6.07) is 6.62. The predicted octanol–water partition coefficient (Wildman–Crippen LogP) is 4.03. The number of methoxy groups -OCH3 is 1. The van der Waals surface area contributed by atoms with Crippen LogP contribution in [0.2, 0.25) is 0 Å². The number of fused-ring (bicyclic) bond motifs is 1. The first-order valence-electron chi connectivity index (χ1n) is 9.23. The number of hydrogen-bond donors (Lipinski definition) is 1. The van der Waals surface area contributed by atoms with Crippen LogP contribution in [0, 0.1) is 5.92 Å². The Morgan fingerprint density at radius 1 is 1.19 bits per heavy atom. The van der Waals surface area contributed by atoms with Crippen molar-refractivity contribution in [2.45, 2.75) is 38.6 Å². The van der Waals surface area contributed by atoms with Crippen LogP contribution in [0.4, 0.5) is 5.95 Å². The summed E-state index contributed by atoms with van der Waals surface area (Å²) in [5.41, 5.74) is 2.83. The Bertz CT molecular complexity index is 912. The highest BCUT2D eigenvalue weighted by molar-refractivity contribution is 5.84. The number of nitrogens with zero attached hydrogens (tertiary/aromatic N) is 4. The van der Waals surface area contributed by atoms with E-state index in [-0.39, 0.29) is 0 Å². The average molecular weight is 351 g/mol. The maximum Gasteiger partial charge on any atom is 0.226 e. The van der Waals surface area contributed by atoms with Gasteiger partial charge in [-0.3, -0.25) is 4.68 Å². The highest BCUT2D eigenvalue weighted by atomic mass is 16.5.